The molecule has 1 aromatic carbocycles. The third kappa shape index (κ3) is 6.07. The first kappa shape index (κ1) is 24.9. The van der Waals surface area contributed by atoms with E-state index in [2.05, 4.69) is 25.1 Å². The molecule has 3 aromatic rings. The van der Waals surface area contributed by atoms with Crippen LogP contribution in [0.25, 0.3) is 5.82 Å². The zero-order chi connectivity index (χ0) is 22.8. The molecule has 1 N–H and O–H groups in total. The van der Waals surface area contributed by atoms with Crippen LogP contribution in [-0.2, 0) is 0 Å². The lowest BCUT2D eigenvalue weighted by Crippen LogP contribution is -2.29. The Kier molecular flexibility index (Phi) is 7.64. The third-order valence-corrected chi connectivity index (χ3v) is 4.05. The lowest BCUT2D eigenvalue weighted by Gasteiger charge is -2.15. The minimum Gasteiger partial charge on any atom is -0.406 e. The highest BCUT2D eigenvalue weighted by molar-refractivity contribution is 7.59. The number of amides is 1. The number of halogens is 4. The smallest absolute Gasteiger partial charge is 0.406 e. The summed E-state index contributed by atoms with van der Waals surface area (Å²) in [6.07, 6.45) is -2.71. The van der Waals surface area contributed by atoms with E-state index >= 15 is 0 Å². The maximum absolute atomic E-state index is 12.5. The van der Waals surface area contributed by atoms with E-state index in [9.17, 15) is 28.1 Å². The van der Waals surface area contributed by atoms with Gasteiger partial charge < -0.3 is 10.1 Å². The van der Waals surface area contributed by atoms with Gasteiger partial charge in [-0.15, -0.1) is 13.2 Å². The van der Waals surface area contributed by atoms with Gasteiger partial charge in [-0.2, -0.15) is 23.3 Å². The number of aromatic nitrogens is 4. The van der Waals surface area contributed by atoms with Crippen molar-refractivity contribution in [3.05, 3.63) is 69.4 Å². The van der Waals surface area contributed by atoms with Crippen LogP contribution in [-0.4, -0.2) is 36.9 Å². The van der Waals surface area contributed by atoms with Crippen LogP contribution in [0.2, 0.25) is 5.02 Å². The van der Waals surface area contributed by atoms with Gasteiger partial charge in [0.15, 0.2) is 11.6 Å². The van der Waals surface area contributed by atoms with Gasteiger partial charge >= 0.3 is 6.36 Å². The lowest BCUT2D eigenvalue weighted by molar-refractivity contribution is -0.385. The molecule has 0 fully saturated rings. The van der Waals surface area contributed by atoms with Crippen molar-refractivity contribution in [1.29, 1.82) is 0 Å². The molecule has 3 rings (SSSR count). The Balaban J connectivity index is 0.00000363. The molecule has 1 atom stereocenters. The molecular weight excluding hydrogens is 477 g/mol. The van der Waals surface area contributed by atoms with Crippen LogP contribution in [0, 0.1) is 10.1 Å². The summed E-state index contributed by atoms with van der Waals surface area (Å²) in [6, 6.07) is 4.80. The van der Waals surface area contributed by atoms with Crippen LogP contribution in [0.15, 0.2) is 42.9 Å². The molecule has 0 aliphatic carbocycles. The molecule has 170 valence electrons. The van der Waals surface area contributed by atoms with Crippen molar-refractivity contribution in [2.24, 2.45) is 0 Å². The maximum atomic E-state index is 12.5. The van der Waals surface area contributed by atoms with Gasteiger partial charge in [0.2, 0.25) is 0 Å². The fourth-order valence-corrected chi connectivity index (χ4v) is 2.79. The number of carbonyl (C=O) groups excluding carboxylic acids is 1. The summed E-state index contributed by atoms with van der Waals surface area (Å²) in [5.74, 6) is -0.949. The number of rotatable bonds is 6. The predicted octanol–water partition coefficient (Wildman–Crippen LogP) is 3.73. The highest BCUT2D eigenvalue weighted by Crippen LogP contribution is 2.27. The molecule has 0 radical (unpaired) electrons. The molecule has 1 amide bonds. The van der Waals surface area contributed by atoms with E-state index in [-0.39, 0.29) is 41.4 Å². The number of nitrogens with one attached hydrogen (secondary N) is 1. The summed E-state index contributed by atoms with van der Waals surface area (Å²) >= 11 is 5.79. The predicted molar refractivity (Wildman–Crippen MR) is 110 cm³/mol. The van der Waals surface area contributed by atoms with E-state index in [1.54, 1.807) is 6.92 Å². The van der Waals surface area contributed by atoms with E-state index in [0.717, 1.165) is 18.3 Å². The van der Waals surface area contributed by atoms with E-state index in [1.807, 2.05) is 0 Å². The van der Waals surface area contributed by atoms with Crippen molar-refractivity contribution < 1.29 is 27.6 Å². The molecule has 0 spiro atoms. The number of pyridine rings is 1. The highest BCUT2D eigenvalue weighted by atomic mass is 35.5. The summed E-state index contributed by atoms with van der Waals surface area (Å²) in [6.45, 7) is 1.56. The van der Waals surface area contributed by atoms with Crippen molar-refractivity contribution in [3.63, 3.8) is 0 Å². The molecule has 10 nitrogen and oxygen atoms in total. The number of nitro groups is 1. The Hall–Kier alpha value is -3.39. The molecule has 0 saturated heterocycles. The van der Waals surface area contributed by atoms with Crippen molar-refractivity contribution >= 4 is 36.7 Å². The summed E-state index contributed by atoms with van der Waals surface area (Å²) in [4.78, 5) is 30.7. The number of benzene rings is 1. The van der Waals surface area contributed by atoms with Gasteiger partial charge in [0.25, 0.3) is 11.6 Å². The topological polar surface area (TPSA) is 125 Å². The van der Waals surface area contributed by atoms with Crippen LogP contribution in [0.4, 0.5) is 18.9 Å². The lowest BCUT2D eigenvalue weighted by atomic mass is 10.2. The van der Waals surface area contributed by atoms with Gasteiger partial charge in [0, 0.05) is 16.7 Å². The zero-order valence-electron chi connectivity index (χ0n) is 16.0. The molecule has 0 saturated carbocycles. The summed E-state index contributed by atoms with van der Waals surface area (Å²) in [7, 11) is 0. The highest BCUT2D eigenvalue weighted by Gasteiger charge is 2.31. The SMILES string of the molecule is C[C@H](NC(=O)c1cc(Cl)cc(OC(F)(F)F)c1)c1ncnn1-c1ccc([N+](=O)[O-])cn1.S. The Bertz CT molecular complexity index is 1130. The first-order valence-electron chi connectivity index (χ1n) is 8.41. The summed E-state index contributed by atoms with van der Waals surface area (Å²) < 4.78 is 42.4. The standard InChI is InChI=1S/C17H12ClF3N6O4.H2S/c1-9(15-23-8-24-26(15)14-3-2-12(7-22-14)27(29)30)25-16(28)10-4-11(18)6-13(5-10)31-17(19,20)21;/h2-9H,1H3,(H,25,28);1H2/t9-;/m0./s1. The largest absolute Gasteiger partial charge is 0.573 e. The first-order valence-corrected chi connectivity index (χ1v) is 8.79. The van der Waals surface area contributed by atoms with Gasteiger partial charge in [0.05, 0.1) is 11.0 Å². The Morgan fingerprint density at radius 3 is 2.59 bits per heavy atom. The molecule has 32 heavy (non-hydrogen) atoms. The fraction of sp³-hybridized carbons (Fsp3) is 0.176. The average Bonchev–Trinajstić information content (AvgIpc) is 3.16. The molecule has 15 heteroatoms. The Morgan fingerprint density at radius 1 is 1.28 bits per heavy atom. The third-order valence-electron chi connectivity index (χ3n) is 3.84. The van der Waals surface area contributed by atoms with Gasteiger partial charge in [-0.1, -0.05) is 11.6 Å². The Labute approximate surface area is 190 Å². The van der Waals surface area contributed by atoms with Crippen LogP contribution in [0.5, 0.6) is 5.75 Å². The molecule has 2 aromatic heterocycles. The number of carbonyl (C=O) groups is 1. The monoisotopic (exact) mass is 490 g/mol. The van der Waals surface area contributed by atoms with Crippen LogP contribution in [0.1, 0.15) is 29.1 Å². The van der Waals surface area contributed by atoms with Crippen LogP contribution in [0.3, 0.4) is 0 Å². The van der Waals surface area contributed by atoms with Gasteiger partial charge in [-0.05, 0) is 31.2 Å². The number of ether oxygens (including phenoxy) is 1. The van der Waals surface area contributed by atoms with Gasteiger partial charge in [0.1, 0.15) is 18.3 Å². The molecule has 0 aliphatic rings. The second kappa shape index (κ2) is 9.82. The molecule has 0 aliphatic heterocycles. The van der Waals surface area contributed by atoms with Crippen molar-refractivity contribution in [2.75, 3.05) is 0 Å². The number of nitrogens with zero attached hydrogens (tertiary/aromatic N) is 5. The van der Waals surface area contributed by atoms with Crippen LogP contribution < -0.4 is 10.1 Å². The van der Waals surface area contributed by atoms with E-state index < -0.39 is 29.0 Å². The van der Waals surface area contributed by atoms with Crippen molar-refractivity contribution in [3.8, 4) is 11.6 Å². The molecular formula is C17H14ClF3N6O4S. The van der Waals surface area contributed by atoms with Crippen LogP contribution >= 0.6 is 25.1 Å². The second-order valence-corrected chi connectivity index (χ2v) is 6.52. The number of alkyl halides is 3. The quantitative estimate of drug-likeness (QED) is 0.412. The number of hydrogen-bond donors (Lipinski definition) is 1. The van der Waals surface area contributed by atoms with Crippen molar-refractivity contribution in [2.45, 2.75) is 19.3 Å². The molecule has 0 unspecified atom stereocenters. The summed E-state index contributed by atoms with van der Waals surface area (Å²) in [5, 5.41) is 17.2. The maximum Gasteiger partial charge on any atom is 0.573 e. The van der Waals surface area contributed by atoms with Gasteiger partial charge in [-0.25, -0.2) is 9.97 Å². The normalized spacial score (nSPS) is 11.9. The van der Waals surface area contributed by atoms with Crippen molar-refractivity contribution in [1.82, 2.24) is 25.1 Å². The molecule has 2 heterocycles. The average molecular weight is 491 g/mol. The van der Waals surface area contributed by atoms with E-state index in [0.29, 0.717) is 0 Å². The first-order chi connectivity index (χ1) is 14.5. The van der Waals surface area contributed by atoms with E-state index in [4.69, 9.17) is 11.6 Å². The van der Waals surface area contributed by atoms with Gasteiger partial charge in [-0.3, -0.25) is 14.9 Å². The zero-order valence-corrected chi connectivity index (χ0v) is 17.8. The second-order valence-electron chi connectivity index (χ2n) is 6.08. The minimum absolute atomic E-state index is 0. The fourth-order valence-electron chi connectivity index (χ4n) is 2.56. The minimum atomic E-state index is -4.94. The number of hydrogen-bond acceptors (Lipinski definition) is 7. The Morgan fingerprint density at radius 2 is 2.00 bits per heavy atom. The molecule has 0 bridgehead atoms. The van der Waals surface area contributed by atoms with E-state index in [1.165, 1.54) is 29.2 Å². The summed E-state index contributed by atoms with van der Waals surface area (Å²) in [5.41, 5.74) is -0.386.